The van der Waals surface area contributed by atoms with E-state index in [1.807, 2.05) is 0 Å². The van der Waals surface area contributed by atoms with Crippen LogP contribution in [0, 0.1) is 0 Å². The monoisotopic (exact) mass is 654 g/mol. The Morgan fingerprint density at radius 1 is 0.556 bits per heavy atom. The Labute approximate surface area is 267 Å². The normalized spacial score (nSPS) is 12.9. The number of rotatable bonds is 31. The number of esters is 1. The van der Waals surface area contributed by atoms with Crippen LogP contribution in [0.3, 0.4) is 0 Å². The zero-order valence-corrected chi connectivity index (χ0v) is 27.6. The van der Waals surface area contributed by atoms with E-state index >= 15 is 0 Å². The summed E-state index contributed by atoms with van der Waals surface area (Å²) in [6.07, 6.45) is 0.525. The van der Waals surface area contributed by atoms with Crippen molar-refractivity contribution in [1.82, 2.24) is 10.6 Å². The average molecular weight is 655 g/mol. The molecule has 0 aromatic rings. The van der Waals surface area contributed by atoms with Gasteiger partial charge in [0.25, 0.3) is 0 Å². The van der Waals surface area contributed by atoms with Gasteiger partial charge in [-0.3, -0.25) is 14.4 Å². The van der Waals surface area contributed by atoms with Crippen LogP contribution in [-0.4, -0.2) is 155 Å². The molecule has 0 heterocycles. The second-order valence-corrected chi connectivity index (χ2v) is 10.6. The van der Waals surface area contributed by atoms with Crippen LogP contribution in [0.5, 0.6) is 0 Å². The van der Waals surface area contributed by atoms with Gasteiger partial charge in [0.05, 0.1) is 99.1 Å². The van der Waals surface area contributed by atoms with E-state index in [-0.39, 0.29) is 32.1 Å². The van der Waals surface area contributed by atoms with Gasteiger partial charge < -0.3 is 64.7 Å². The maximum atomic E-state index is 12.2. The zero-order valence-electron chi connectivity index (χ0n) is 27.6. The van der Waals surface area contributed by atoms with Crippen LogP contribution in [0.25, 0.3) is 0 Å². The largest absolute Gasteiger partial charge is 0.460 e. The van der Waals surface area contributed by atoms with E-state index in [9.17, 15) is 14.4 Å². The van der Waals surface area contributed by atoms with Crippen LogP contribution in [-0.2, 0) is 57.0 Å². The standard InChI is InChI=1S/C29H58N4O12/c1-29(2,3)45-24(34)6-5-7-32-27(35)25(30)26(31)28(36)33-8-9-38-12-13-40-16-17-42-20-21-44-23-22-43-19-18-41-15-14-39-11-10-37-4/h25-26H,5-23,30-31H2,1-4H3,(H,32,35)(H,33,36)/t25-,26-/m0/s1. The molecule has 266 valence electrons. The number of ether oxygens (including phenoxy) is 9. The molecule has 0 aliphatic rings. The Morgan fingerprint density at radius 3 is 1.24 bits per heavy atom. The molecule has 16 nitrogen and oxygen atoms in total. The Kier molecular flexibility index (Phi) is 28.1. The Balaban J connectivity index is 3.50. The smallest absolute Gasteiger partial charge is 0.306 e. The molecule has 0 unspecified atom stereocenters. The number of carbonyl (C=O) groups is 3. The van der Waals surface area contributed by atoms with Crippen molar-refractivity contribution in [3.63, 3.8) is 0 Å². The summed E-state index contributed by atoms with van der Waals surface area (Å²) in [4.78, 5) is 36.1. The number of amides is 2. The SMILES string of the molecule is COCCOCCOCCOCCOCCOCCOCCOCCNC(=O)[C@@H](N)[C@H](N)C(=O)NCCCC(=O)OC(C)(C)C. The fraction of sp³-hybridized carbons (Fsp3) is 0.897. The minimum absolute atomic E-state index is 0.150. The molecule has 0 saturated heterocycles. The Bertz CT molecular complexity index is 743. The lowest BCUT2D eigenvalue weighted by atomic mass is 10.1. The highest BCUT2D eigenvalue weighted by atomic mass is 16.6. The first-order valence-electron chi connectivity index (χ1n) is 15.4. The first-order valence-corrected chi connectivity index (χ1v) is 15.4. The van der Waals surface area contributed by atoms with E-state index in [0.29, 0.717) is 98.9 Å². The quantitative estimate of drug-likeness (QED) is 0.0509. The van der Waals surface area contributed by atoms with Gasteiger partial charge in [-0.15, -0.1) is 0 Å². The molecule has 0 bridgehead atoms. The third kappa shape index (κ3) is 29.2. The maximum Gasteiger partial charge on any atom is 0.306 e. The minimum atomic E-state index is -1.23. The lowest BCUT2D eigenvalue weighted by molar-refractivity contribution is -0.155. The van der Waals surface area contributed by atoms with Crippen molar-refractivity contribution < 1.29 is 57.0 Å². The highest BCUT2D eigenvalue weighted by Gasteiger charge is 2.27. The summed E-state index contributed by atoms with van der Waals surface area (Å²) < 4.78 is 47.9. The number of methoxy groups -OCH3 is 1. The average Bonchev–Trinajstić information content (AvgIpc) is 2.99. The summed E-state index contributed by atoms with van der Waals surface area (Å²) in [6.45, 7) is 12.6. The predicted molar refractivity (Wildman–Crippen MR) is 165 cm³/mol. The van der Waals surface area contributed by atoms with Crippen LogP contribution < -0.4 is 22.1 Å². The van der Waals surface area contributed by atoms with Crippen LogP contribution in [0.2, 0.25) is 0 Å². The van der Waals surface area contributed by atoms with Crippen molar-refractivity contribution in [3.8, 4) is 0 Å². The van der Waals surface area contributed by atoms with Crippen molar-refractivity contribution in [3.05, 3.63) is 0 Å². The minimum Gasteiger partial charge on any atom is -0.460 e. The van der Waals surface area contributed by atoms with Crippen molar-refractivity contribution in [2.75, 3.05) is 119 Å². The van der Waals surface area contributed by atoms with Crippen LogP contribution in [0.1, 0.15) is 33.6 Å². The number of hydrogen-bond acceptors (Lipinski definition) is 14. The van der Waals surface area contributed by atoms with E-state index < -0.39 is 29.5 Å². The fourth-order valence-corrected chi connectivity index (χ4v) is 3.21. The van der Waals surface area contributed by atoms with E-state index in [4.69, 9.17) is 54.1 Å². The van der Waals surface area contributed by atoms with Gasteiger partial charge in [-0.25, -0.2) is 0 Å². The first-order chi connectivity index (χ1) is 21.6. The van der Waals surface area contributed by atoms with Gasteiger partial charge in [-0.2, -0.15) is 0 Å². The molecule has 16 heteroatoms. The van der Waals surface area contributed by atoms with Crippen molar-refractivity contribution in [2.45, 2.75) is 51.3 Å². The summed E-state index contributed by atoms with van der Waals surface area (Å²) in [6, 6.07) is -2.46. The second-order valence-electron chi connectivity index (χ2n) is 10.6. The number of nitrogens with two attached hydrogens (primary N) is 2. The highest BCUT2D eigenvalue weighted by Crippen LogP contribution is 2.08. The van der Waals surface area contributed by atoms with E-state index in [1.165, 1.54) is 0 Å². The number of nitrogens with one attached hydrogen (secondary N) is 2. The molecular weight excluding hydrogens is 596 g/mol. The number of carbonyl (C=O) groups excluding carboxylic acids is 3. The molecule has 0 fully saturated rings. The molecule has 0 saturated carbocycles. The van der Waals surface area contributed by atoms with Crippen molar-refractivity contribution >= 4 is 17.8 Å². The van der Waals surface area contributed by atoms with Gasteiger partial charge in [0.1, 0.15) is 17.7 Å². The summed E-state index contributed by atoms with van der Waals surface area (Å²) in [7, 11) is 1.63. The molecule has 2 atom stereocenters. The molecule has 0 radical (unpaired) electrons. The fourth-order valence-electron chi connectivity index (χ4n) is 3.21. The van der Waals surface area contributed by atoms with E-state index in [1.54, 1.807) is 27.9 Å². The molecule has 2 amide bonds. The number of hydrogen-bond donors (Lipinski definition) is 4. The topological polar surface area (TPSA) is 210 Å². The van der Waals surface area contributed by atoms with Gasteiger partial charge in [-0.1, -0.05) is 0 Å². The third-order valence-corrected chi connectivity index (χ3v) is 5.48. The molecule has 45 heavy (non-hydrogen) atoms. The molecule has 0 aromatic carbocycles. The summed E-state index contributed by atoms with van der Waals surface area (Å²) in [5, 5.41) is 5.16. The molecule has 0 aliphatic heterocycles. The predicted octanol–water partition coefficient (Wildman–Crippen LogP) is -1.24. The first kappa shape index (κ1) is 43.0. The van der Waals surface area contributed by atoms with Crippen LogP contribution in [0.15, 0.2) is 0 Å². The van der Waals surface area contributed by atoms with Gasteiger partial charge in [0.2, 0.25) is 11.8 Å². The van der Waals surface area contributed by atoms with Crippen molar-refractivity contribution in [1.29, 1.82) is 0 Å². The zero-order chi connectivity index (χ0) is 33.6. The van der Waals surface area contributed by atoms with E-state index in [0.717, 1.165) is 0 Å². The van der Waals surface area contributed by atoms with Gasteiger partial charge in [0.15, 0.2) is 0 Å². The molecule has 0 spiro atoms. The lowest BCUT2D eigenvalue weighted by Crippen LogP contribution is -2.58. The molecular formula is C29H58N4O12. The Morgan fingerprint density at radius 2 is 0.889 bits per heavy atom. The van der Waals surface area contributed by atoms with Gasteiger partial charge in [-0.05, 0) is 27.2 Å². The molecule has 0 aromatic heterocycles. The summed E-state index contributed by atoms with van der Waals surface area (Å²) >= 11 is 0. The van der Waals surface area contributed by atoms with Crippen LogP contribution >= 0.6 is 0 Å². The molecule has 0 rings (SSSR count). The second kappa shape index (κ2) is 29.4. The van der Waals surface area contributed by atoms with Crippen LogP contribution in [0.4, 0.5) is 0 Å². The summed E-state index contributed by atoms with van der Waals surface area (Å²) in [5.41, 5.74) is 11.1. The third-order valence-electron chi connectivity index (χ3n) is 5.48. The maximum absolute atomic E-state index is 12.2. The molecule has 6 N–H and O–H groups in total. The Hall–Kier alpha value is -1.99. The van der Waals surface area contributed by atoms with E-state index in [2.05, 4.69) is 10.6 Å². The lowest BCUT2D eigenvalue weighted by Gasteiger charge is -2.20. The van der Waals surface area contributed by atoms with Crippen molar-refractivity contribution in [2.24, 2.45) is 11.5 Å². The van der Waals surface area contributed by atoms with Gasteiger partial charge >= 0.3 is 5.97 Å². The summed E-state index contributed by atoms with van der Waals surface area (Å²) in [5.74, 6) is -1.50. The van der Waals surface area contributed by atoms with Gasteiger partial charge in [0, 0.05) is 26.6 Å². The molecule has 0 aliphatic carbocycles. The highest BCUT2D eigenvalue weighted by molar-refractivity contribution is 5.92.